The predicted octanol–water partition coefficient (Wildman–Crippen LogP) is 0.539. The summed E-state index contributed by atoms with van der Waals surface area (Å²) >= 11 is 3.22. The fourth-order valence-electron chi connectivity index (χ4n) is 0.610. The molecule has 0 heterocycles. The summed E-state index contributed by atoms with van der Waals surface area (Å²) in [6, 6.07) is 0. The fraction of sp³-hybridized carbons (Fsp3) is 0.500. The predicted molar refractivity (Wildman–Crippen MR) is 40.6 cm³/mol. The fourth-order valence-corrected chi connectivity index (χ4v) is 1.16. The van der Waals surface area contributed by atoms with Gasteiger partial charge in [-0.05, 0) is 22.0 Å². The molecule has 0 spiro atoms. The molecule has 0 fully saturated rings. The normalized spacial score (nSPS) is 29.4. The average molecular weight is 206 g/mol. The van der Waals surface area contributed by atoms with E-state index in [-0.39, 0.29) is 12.5 Å². The molecular weight excluding hydrogens is 198 g/mol. The SMILES string of the molecule is NCC(=O)OC1(Br)C=CC1. The van der Waals surface area contributed by atoms with E-state index < -0.39 is 4.51 Å². The molecule has 0 saturated carbocycles. The minimum absolute atomic E-state index is 0.0683. The van der Waals surface area contributed by atoms with Crippen LogP contribution in [0.1, 0.15) is 6.42 Å². The van der Waals surface area contributed by atoms with Crippen molar-refractivity contribution in [2.75, 3.05) is 6.54 Å². The van der Waals surface area contributed by atoms with Crippen molar-refractivity contribution in [3.63, 3.8) is 0 Å². The molecule has 2 N–H and O–H groups in total. The first-order valence-electron chi connectivity index (χ1n) is 2.95. The smallest absolute Gasteiger partial charge is 0.321 e. The van der Waals surface area contributed by atoms with Crippen molar-refractivity contribution < 1.29 is 9.53 Å². The number of carbonyl (C=O) groups is 1. The summed E-state index contributed by atoms with van der Waals surface area (Å²) in [6.45, 7) is -0.0683. The monoisotopic (exact) mass is 205 g/mol. The molecule has 0 aliphatic heterocycles. The van der Waals surface area contributed by atoms with Crippen molar-refractivity contribution in [3.05, 3.63) is 12.2 Å². The summed E-state index contributed by atoms with van der Waals surface area (Å²) < 4.78 is 4.34. The molecule has 0 amide bonds. The Morgan fingerprint density at radius 1 is 1.90 bits per heavy atom. The number of hydrogen-bond donors (Lipinski definition) is 1. The molecule has 0 bridgehead atoms. The zero-order chi connectivity index (χ0) is 7.61. The van der Waals surface area contributed by atoms with Crippen LogP contribution in [0.4, 0.5) is 0 Å². The Kier molecular flexibility index (Phi) is 2.11. The number of carbonyl (C=O) groups excluding carboxylic acids is 1. The molecule has 0 aromatic rings. The maximum absolute atomic E-state index is 10.6. The van der Waals surface area contributed by atoms with Gasteiger partial charge < -0.3 is 10.5 Å². The number of esters is 1. The number of hydrogen-bond acceptors (Lipinski definition) is 3. The van der Waals surface area contributed by atoms with E-state index in [0.29, 0.717) is 0 Å². The van der Waals surface area contributed by atoms with E-state index in [2.05, 4.69) is 15.9 Å². The summed E-state index contributed by atoms with van der Waals surface area (Å²) in [5, 5.41) is 0. The van der Waals surface area contributed by atoms with Gasteiger partial charge in [0.25, 0.3) is 0 Å². The van der Waals surface area contributed by atoms with Crippen LogP contribution in [0.25, 0.3) is 0 Å². The second kappa shape index (κ2) is 2.72. The number of nitrogens with two attached hydrogens (primary N) is 1. The lowest BCUT2D eigenvalue weighted by Gasteiger charge is -2.28. The molecule has 0 saturated heterocycles. The largest absolute Gasteiger partial charge is 0.442 e. The van der Waals surface area contributed by atoms with Gasteiger partial charge in [0.15, 0.2) is 4.51 Å². The zero-order valence-electron chi connectivity index (χ0n) is 5.34. The summed E-state index contributed by atoms with van der Waals surface area (Å²) in [5.74, 6) is -0.388. The molecule has 0 aromatic heterocycles. The topological polar surface area (TPSA) is 52.3 Å². The van der Waals surface area contributed by atoms with Crippen LogP contribution in [0, 0.1) is 0 Å². The summed E-state index contributed by atoms with van der Waals surface area (Å²) in [5.41, 5.74) is 5.04. The van der Waals surface area contributed by atoms with E-state index in [1.807, 2.05) is 6.08 Å². The maximum atomic E-state index is 10.6. The highest BCUT2D eigenvalue weighted by atomic mass is 79.9. The van der Waals surface area contributed by atoms with Crippen LogP contribution in [0.5, 0.6) is 0 Å². The second-order valence-corrected chi connectivity index (χ2v) is 3.41. The van der Waals surface area contributed by atoms with Crippen molar-refractivity contribution >= 4 is 21.9 Å². The number of rotatable bonds is 2. The Balaban J connectivity index is 2.38. The molecule has 1 rings (SSSR count). The number of ether oxygens (including phenoxy) is 1. The van der Waals surface area contributed by atoms with Gasteiger partial charge in [-0.25, -0.2) is 0 Å². The quantitative estimate of drug-likeness (QED) is 0.407. The van der Waals surface area contributed by atoms with Gasteiger partial charge in [-0.15, -0.1) is 0 Å². The third-order valence-corrected chi connectivity index (χ3v) is 1.96. The van der Waals surface area contributed by atoms with Crippen molar-refractivity contribution in [2.24, 2.45) is 5.73 Å². The van der Waals surface area contributed by atoms with Crippen molar-refractivity contribution in [2.45, 2.75) is 10.9 Å². The van der Waals surface area contributed by atoms with Gasteiger partial charge in [-0.2, -0.15) is 0 Å². The van der Waals surface area contributed by atoms with E-state index in [9.17, 15) is 4.79 Å². The highest BCUT2D eigenvalue weighted by Crippen LogP contribution is 2.33. The van der Waals surface area contributed by atoms with E-state index in [1.54, 1.807) is 6.08 Å². The van der Waals surface area contributed by atoms with Crippen molar-refractivity contribution in [1.82, 2.24) is 0 Å². The standard InChI is InChI=1S/C6H8BrNO2/c7-6(2-1-3-6)10-5(9)4-8/h1-2H,3-4,8H2. The van der Waals surface area contributed by atoms with Crippen LogP contribution in [0.2, 0.25) is 0 Å². The first-order valence-corrected chi connectivity index (χ1v) is 3.74. The van der Waals surface area contributed by atoms with Crippen molar-refractivity contribution in [1.29, 1.82) is 0 Å². The molecule has 10 heavy (non-hydrogen) atoms. The molecule has 0 radical (unpaired) electrons. The minimum Gasteiger partial charge on any atom is -0.442 e. The average Bonchev–Trinajstić information content (AvgIpc) is 1.84. The maximum Gasteiger partial charge on any atom is 0.321 e. The second-order valence-electron chi connectivity index (χ2n) is 2.07. The van der Waals surface area contributed by atoms with Gasteiger partial charge in [0, 0.05) is 6.42 Å². The van der Waals surface area contributed by atoms with E-state index in [1.165, 1.54) is 0 Å². The number of alkyl halides is 1. The van der Waals surface area contributed by atoms with Gasteiger partial charge in [0.05, 0.1) is 6.54 Å². The lowest BCUT2D eigenvalue weighted by atomic mass is 10.1. The molecule has 3 nitrogen and oxygen atoms in total. The Bertz CT molecular complexity index is 181. The Labute approximate surface area is 67.4 Å². The molecule has 56 valence electrons. The summed E-state index contributed by atoms with van der Waals surface area (Å²) in [6.07, 6.45) is 4.41. The Morgan fingerprint density at radius 2 is 2.50 bits per heavy atom. The lowest BCUT2D eigenvalue weighted by Crippen LogP contribution is -2.33. The molecular formula is C6H8BrNO2. The van der Waals surface area contributed by atoms with Crippen molar-refractivity contribution in [3.8, 4) is 0 Å². The van der Waals surface area contributed by atoms with Gasteiger partial charge >= 0.3 is 5.97 Å². The molecule has 1 aliphatic carbocycles. The molecule has 1 aliphatic rings. The first-order chi connectivity index (χ1) is 4.66. The third kappa shape index (κ3) is 1.58. The van der Waals surface area contributed by atoms with Gasteiger partial charge in [0.1, 0.15) is 0 Å². The minimum atomic E-state index is -0.552. The van der Waals surface area contributed by atoms with Crippen LogP contribution < -0.4 is 5.73 Å². The van der Waals surface area contributed by atoms with Crippen LogP contribution in [0.15, 0.2) is 12.2 Å². The summed E-state index contributed by atoms with van der Waals surface area (Å²) in [7, 11) is 0. The van der Waals surface area contributed by atoms with Gasteiger partial charge in [0.2, 0.25) is 0 Å². The number of halogens is 1. The van der Waals surface area contributed by atoms with E-state index in [0.717, 1.165) is 6.42 Å². The van der Waals surface area contributed by atoms with Crippen LogP contribution in [-0.2, 0) is 9.53 Å². The molecule has 1 unspecified atom stereocenters. The van der Waals surface area contributed by atoms with Crippen LogP contribution in [-0.4, -0.2) is 17.0 Å². The molecule has 4 heteroatoms. The van der Waals surface area contributed by atoms with Gasteiger partial charge in [-0.1, -0.05) is 6.08 Å². The molecule has 0 aromatic carbocycles. The van der Waals surface area contributed by atoms with Crippen LogP contribution in [0.3, 0.4) is 0 Å². The zero-order valence-corrected chi connectivity index (χ0v) is 6.93. The van der Waals surface area contributed by atoms with E-state index in [4.69, 9.17) is 10.5 Å². The Hall–Kier alpha value is -0.350. The highest BCUT2D eigenvalue weighted by Gasteiger charge is 2.31. The summed E-state index contributed by atoms with van der Waals surface area (Å²) in [4.78, 5) is 10.6. The van der Waals surface area contributed by atoms with E-state index >= 15 is 0 Å². The highest BCUT2D eigenvalue weighted by molar-refractivity contribution is 9.10. The lowest BCUT2D eigenvalue weighted by molar-refractivity contribution is -0.147. The van der Waals surface area contributed by atoms with Crippen LogP contribution >= 0.6 is 15.9 Å². The Morgan fingerprint density at radius 3 is 2.80 bits per heavy atom. The molecule has 1 atom stereocenters. The first kappa shape index (κ1) is 7.75. The third-order valence-electron chi connectivity index (χ3n) is 1.21. The van der Waals surface area contributed by atoms with Gasteiger partial charge in [-0.3, -0.25) is 4.79 Å².